The Hall–Kier alpha value is -0.650. The summed E-state index contributed by atoms with van der Waals surface area (Å²) in [7, 11) is 1.97. The number of rotatable bonds is 6. The van der Waals surface area contributed by atoms with E-state index in [-0.39, 0.29) is 0 Å². The van der Waals surface area contributed by atoms with Gasteiger partial charge in [0.2, 0.25) is 0 Å². The van der Waals surface area contributed by atoms with Gasteiger partial charge < -0.3 is 19.8 Å². The fourth-order valence-electron chi connectivity index (χ4n) is 2.73. The van der Waals surface area contributed by atoms with Gasteiger partial charge in [0.1, 0.15) is 0 Å². The van der Waals surface area contributed by atoms with E-state index in [0.717, 1.165) is 5.56 Å². The lowest BCUT2D eigenvalue weighted by atomic mass is 9.94. The number of benzene rings is 1. The van der Waals surface area contributed by atoms with Crippen molar-refractivity contribution < 1.29 is 14.9 Å². The van der Waals surface area contributed by atoms with Crippen LogP contribution in [0.4, 0.5) is 0 Å². The van der Waals surface area contributed by atoms with Crippen LogP contribution in [0.15, 0.2) is 24.3 Å². The monoisotopic (exact) mass is 313 g/mol. The van der Waals surface area contributed by atoms with Crippen molar-refractivity contribution in [2.24, 2.45) is 0 Å². The highest BCUT2D eigenvalue weighted by molar-refractivity contribution is 6.31. The standard InChI is InChI=1S/C16H24ClNO3/c1-18(12-16(20)7-10-21-11-8-16)9-6-15(19)13-4-2-3-5-14(13)17/h2-5,15,19-20H,6-12H2,1H3. The molecule has 0 aromatic heterocycles. The molecule has 1 aromatic rings. The molecular weight excluding hydrogens is 290 g/mol. The maximum Gasteiger partial charge on any atom is 0.0817 e. The number of halogens is 1. The van der Waals surface area contributed by atoms with Crippen molar-refractivity contribution in [1.29, 1.82) is 0 Å². The van der Waals surface area contributed by atoms with Crippen LogP contribution in [0, 0.1) is 0 Å². The molecule has 0 bridgehead atoms. The van der Waals surface area contributed by atoms with Crippen LogP contribution < -0.4 is 0 Å². The first-order valence-electron chi connectivity index (χ1n) is 7.41. The number of hydrogen-bond acceptors (Lipinski definition) is 4. The molecular formula is C16H24ClNO3. The summed E-state index contributed by atoms with van der Waals surface area (Å²) >= 11 is 6.08. The molecule has 4 nitrogen and oxygen atoms in total. The number of aliphatic hydroxyl groups is 2. The van der Waals surface area contributed by atoms with E-state index in [9.17, 15) is 10.2 Å². The zero-order valence-corrected chi connectivity index (χ0v) is 13.2. The Morgan fingerprint density at radius 1 is 1.33 bits per heavy atom. The normalized spacial score (nSPS) is 19.7. The number of likely N-dealkylation sites (N-methyl/N-ethyl adjacent to an activating group) is 1. The van der Waals surface area contributed by atoms with Gasteiger partial charge in [0, 0.05) is 44.2 Å². The van der Waals surface area contributed by atoms with Crippen LogP contribution in [0.2, 0.25) is 5.02 Å². The van der Waals surface area contributed by atoms with E-state index in [0.29, 0.717) is 50.6 Å². The third kappa shape index (κ3) is 4.94. The van der Waals surface area contributed by atoms with Gasteiger partial charge >= 0.3 is 0 Å². The molecule has 1 fully saturated rings. The Morgan fingerprint density at radius 3 is 2.67 bits per heavy atom. The molecule has 1 heterocycles. The summed E-state index contributed by atoms with van der Waals surface area (Å²) in [5.74, 6) is 0. The van der Waals surface area contributed by atoms with Crippen LogP contribution >= 0.6 is 11.6 Å². The van der Waals surface area contributed by atoms with Crippen molar-refractivity contribution in [2.45, 2.75) is 31.0 Å². The molecule has 0 spiro atoms. The first-order valence-corrected chi connectivity index (χ1v) is 7.79. The van der Waals surface area contributed by atoms with Crippen molar-refractivity contribution in [3.05, 3.63) is 34.9 Å². The van der Waals surface area contributed by atoms with Crippen molar-refractivity contribution in [1.82, 2.24) is 4.90 Å². The smallest absolute Gasteiger partial charge is 0.0817 e. The number of aliphatic hydroxyl groups excluding tert-OH is 1. The molecule has 0 amide bonds. The minimum Gasteiger partial charge on any atom is -0.388 e. The molecule has 1 unspecified atom stereocenters. The Morgan fingerprint density at radius 2 is 2.00 bits per heavy atom. The summed E-state index contributed by atoms with van der Waals surface area (Å²) in [6.07, 6.45) is 1.35. The highest BCUT2D eigenvalue weighted by Gasteiger charge is 2.31. The number of hydrogen-bond donors (Lipinski definition) is 2. The summed E-state index contributed by atoms with van der Waals surface area (Å²) in [6, 6.07) is 7.36. The van der Waals surface area contributed by atoms with Crippen molar-refractivity contribution in [2.75, 3.05) is 33.4 Å². The van der Waals surface area contributed by atoms with Crippen molar-refractivity contribution >= 4 is 11.6 Å². The van der Waals surface area contributed by atoms with Gasteiger partial charge in [-0.05, 0) is 25.1 Å². The van der Waals surface area contributed by atoms with Crippen LogP contribution in [-0.2, 0) is 4.74 Å². The van der Waals surface area contributed by atoms with Crippen molar-refractivity contribution in [3.63, 3.8) is 0 Å². The van der Waals surface area contributed by atoms with Gasteiger partial charge in [-0.25, -0.2) is 0 Å². The number of ether oxygens (including phenoxy) is 1. The summed E-state index contributed by atoms with van der Waals surface area (Å²) in [6.45, 7) is 2.54. The number of nitrogens with zero attached hydrogens (tertiary/aromatic N) is 1. The lowest BCUT2D eigenvalue weighted by Gasteiger charge is -2.35. The van der Waals surface area contributed by atoms with E-state index < -0.39 is 11.7 Å². The lowest BCUT2D eigenvalue weighted by Crippen LogP contribution is -2.46. The van der Waals surface area contributed by atoms with Crippen LogP contribution in [0.5, 0.6) is 0 Å². The fourth-order valence-corrected chi connectivity index (χ4v) is 3.00. The highest BCUT2D eigenvalue weighted by Crippen LogP contribution is 2.26. The van der Waals surface area contributed by atoms with Gasteiger partial charge in [-0.2, -0.15) is 0 Å². The van der Waals surface area contributed by atoms with Gasteiger partial charge in [-0.15, -0.1) is 0 Å². The van der Waals surface area contributed by atoms with E-state index in [4.69, 9.17) is 16.3 Å². The van der Waals surface area contributed by atoms with E-state index >= 15 is 0 Å². The van der Waals surface area contributed by atoms with Gasteiger partial charge in [-0.3, -0.25) is 0 Å². The van der Waals surface area contributed by atoms with Crippen LogP contribution in [-0.4, -0.2) is 54.1 Å². The van der Waals surface area contributed by atoms with Gasteiger partial charge in [0.25, 0.3) is 0 Å². The first-order chi connectivity index (χ1) is 10.0. The second-order valence-electron chi connectivity index (χ2n) is 5.90. The molecule has 1 saturated heterocycles. The van der Waals surface area contributed by atoms with Gasteiger partial charge in [-0.1, -0.05) is 29.8 Å². The quantitative estimate of drug-likeness (QED) is 0.845. The van der Waals surface area contributed by atoms with Gasteiger partial charge in [0.15, 0.2) is 0 Å². The summed E-state index contributed by atoms with van der Waals surface area (Å²) < 4.78 is 5.28. The topological polar surface area (TPSA) is 52.9 Å². The Kier molecular flexibility index (Phi) is 6.02. The second kappa shape index (κ2) is 7.56. The largest absolute Gasteiger partial charge is 0.388 e. The van der Waals surface area contributed by atoms with Crippen LogP contribution in [0.25, 0.3) is 0 Å². The molecule has 21 heavy (non-hydrogen) atoms. The lowest BCUT2D eigenvalue weighted by molar-refractivity contribution is -0.0776. The molecule has 2 rings (SSSR count). The summed E-state index contributed by atoms with van der Waals surface area (Å²) in [5.41, 5.74) is 0.0971. The average molecular weight is 314 g/mol. The van der Waals surface area contributed by atoms with Gasteiger partial charge in [0.05, 0.1) is 11.7 Å². The highest BCUT2D eigenvalue weighted by atomic mass is 35.5. The molecule has 1 aromatic carbocycles. The zero-order valence-electron chi connectivity index (χ0n) is 12.5. The second-order valence-corrected chi connectivity index (χ2v) is 6.31. The maximum atomic E-state index is 10.5. The molecule has 118 valence electrons. The molecule has 1 aliphatic heterocycles. The third-order valence-electron chi connectivity index (χ3n) is 4.04. The summed E-state index contributed by atoms with van der Waals surface area (Å²) in [4.78, 5) is 2.06. The molecule has 0 aliphatic carbocycles. The van der Waals surface area contributed by atoms with E-state index in [1.54, 1.807) is 6.07 Å². The van der Waals surface area contributed by atoms with Crippen LogP contribution in [0.3, 0.4) is 0 Å². The fraction of sp³-hybridized carbons (Fsp3) is 0.625. The van der Waals surface area contributed by atoms with E-state index in [1.165, 1.54) is 0 Å². The maximum absolute atomic E-state index is 10.5. The predicted octanol–water partition coefficient (Wildman–Crippen LogP) is 2.24. The minimum atomic E-state index is -0.664. The summed E-state index contributed by atoms with van der Waals surface area (Å²) in [5, 5.41) is 21.3. The molecule has 1 aliphatic rings. The molecule has 0 saturated carbocycles. The molecule has 1 atom stereocenters. The zero-order chi connectivity index (χ0) is 15.3. The molecule has 2 N–H and O–H groups in total. The predicted molar refractivity (Wildman–Crippen MR) is 83.5 cm³/mol. The minimum absolute atomic E-state index is 0.578. The molecule has 0 radical (unpaired) electrons. The first kappa shape index (κ1) is 16.7. The third-order valence-corrected chi connectivity index (χ3v) is 4.38. The van der Waals surface area contributed by atoms with E-state index in [1.807, 2.05) is 25.2 Å². The Balaban J connectivity index is 1.81. The average Bonchev–Trinajstić information content (AvgIpc) is 2.45. The van der Waals surface area contributed by atoms with Crippen LogP contribution in [0.1, 0.15) is 30.9 Å². The van der Waals surface area contributed by atoms with Crippen molar-refractivity contribution in [3.8, 4) is 0 Å². The van der Waals surface area contributed by atoms with E-state index in [2.05, 4.69) is 4.90 Å². The Bertz CT molecular complexity index is 449. The SMILES string of the molecule is CN(CCC(O)c1ccccc1Cl)CC1(O)CCOCC1. The molecule has 5 heteroatoms. The Labute approximate surface area is 131 Å².